The van der Waals surface area contributed by atoms with Gasteiger partial charge in [0.2, 0.25) is 5.91 Å². The number of amides is 2. The molecule has 0 spiro atoms. The molecule has 5 N–H and O–H groups in total. The molecular weight excluding hydrogens is 628 g/mol. The fourth-order valence-corrected chi connectivity index (χ4v) is 7.74. The van der Waals surface area contributed by atoms with E-state index in [4.69, 9.17) is 5.73 Å². The summed E-state index contributed by atoms with van der Waals surface area (Å²) in [5, 5.41) is 19.7. The van der Waals surface area contributed by atoms with Gasteiger partial charge in [-0.1, -0.05) is 57.9 Å². The second kappa shape index (κ2) is 17.5. The molecule has 47 heavy (non-hydrogen) atoms. The van der Waals surface area contributed by atoms with E-state index >= 15 is 0 Å². The number of carbonyl (C=O) groups is 2. The van der Waals surface area contributed by atoms with Gasteiger partial charge in [0.05, 0.1) is 22.8 Å². The Bertz CT molecular complexity index is 1570. The van der Waals surface area contributed by atoms with Crippen LogP contribution in [0.25, 0.3) is 0 Å². The lowest BCUT2D eigenvalue weighted by Gasteiger charge is -2.32. The lowest BCUT2D eigenvalue weighted by molar-refractivity contribution is -0.135. The van der Waals surface area contributed by atoms with Crippen LogP contribution in [0.1, 0.15) is 79.3 Å². The van der Waals surface area contributed by atoms with Gasteiger partial charge in [0.1, 0.15) is 23.4 Å². The van der Waals surface area contributed by atoms with E-state index in [1.54, 1.807) is 13.0 Å². The molecule has 0 fully saturated rings. The van der Waals surface area contributed by atoms with Crippen molar-refractivity contribution in [3.8, 4) is 0 Å². The number of hydrogen-bond donors (Lipinski definition) is 4. The van der Waals surface area contributed by atoms with Crippen molar-refractivity contribution in [1.82, 2.24) is 20.4 Å². The van der Waals surface area contributed by atoms with Crippen molar-refractivity contribution in [2.24, 2.45) is 5.73 Å². The minimum Gasteiger partial charge on any atom is -0.390 e. The zero-order valence-electron chi connectivity index (χ0n) is 27.5. The topological polar surface area (TPSA) is 158 Å². The van der Waals surface area contributed by atoms with E-state index in [0.29, 0.717) is 31.4 Å². The second-order valence-corrected chi connectivity index (χ2v) is 14.4. The Morgan fingerprint density at radius 1 is 1.00 bits per heavy atom. The maximum Gasteiger partial charge on any atom is 0.269 e. The van der Waals surface area contributed by atoms with Crippen molar-refractivity contribution >= 4 is 21.7 Å². The Morgan fingerprint density at radius 3 is 2.21 bits per heavy atom. The number of carbonyl (C=O) groups excluding carboxylic acids is 2. The van der Waals surface area contributed by atoms with Gasteiger partial charge in [0, 0.05) is 25.2 Å². The molecule has 0 bridgehead atoms. The lowest BCUT2D eigenvalue weighted by atomic mass is 10.0. The van der Waals surface area contributed by atoms with Gasteiger partial charge < -0.3 is 21.1 Å². The van der Waals surface area contributed by atoms with E-state index in [1.807, 2.05) is 39.0 Å². The van der Waals surface area contributed by atoms with Gasteiger partial charge in [-0.3, -0.25) is 14.7 Å². The second-order valence-electron chi connectivity index (χ2n) is 12.1. The Hall–Kier alpha value is -3.68. The number of aryl methyl sites for hydroxylation is 2. The molecule has 10 nitrogen and oxygen atoms in total. The highest BCUT2D eigenvalue weighted by Gasteiger charge is 2.36. The molecule has 2 amide bonds. The van der Waals surface area contributed by atoms with Gasteiger partial charge >= 0.3 is 0 Å². The number of nitrogens with one attached hydrogen (secondary N) is 2. The predicted molar refractivity (Wildman–Crippen MR) is 177 cm³/mol. The average molecular weight is 676 g/mol. The number of nitrogens with two attached hydrogens (primary N) is 1. The van der Waals surface area contributed by atoms with Gasteiger partial charge in [-0.2, -0.15) is 5.10 Å². The Kier molecular flexibility index (Phi) is 14.0. The number of hydrogen-bond acceptors (Lipinski definition) is 7. The molecule has 2 aromatic carbocycles. The molecule has 0 aliphatic carbocycles. The van der Waals surface area contributed by atoms with Crippen molar-refractivity contribution in [2.75, 3.05) is 12.3 Å². The number of aliphatic hydroxyl groups is 1. The van der Waals surface area contributed by atoms with Crippen LogP contribution in [0.4, 0.5) is 8.78 Å². The quantitative estimate of drug-likeness (QED) is 0.159. The molecule has 1 heterocycles. The number of aliphatic hydroxyl groups excluding tert-OH is 1. The van der Waals surface area contributed by atoms with E-state index < -0.39 is 62.5 Å². The highest BCUT2D eigenvalue weighted by Crippen LogP contribution is 2.19. The molecule has 3 rings (SSSR count). The number of benzene rings is 2. The third-order valence-electron chi connectivity index (χ3n) is 8.06. The average Bonchev–Trinajstić information content (AvgIpc) is 3.45. The standard InChI is InChI=1S/C34H47F2N5O5S/c1-5-9-28(10-6-2)47(45,46)21-31(38-33(43)30-13-22(4)39-40-30)34(44)41(19-24-12-8-11-23(7-3)14-24)20-32(42)29(37)17-25-15-26(35)18-27(36)16-25/h8,11-16,18,28-29,31-32,42H,5-7,9-10,17,19-21,37H2,1-4H3,(H,38,43)(H,39,40)/t29-,31+,32+/m0/s1. The minimum atomic E-state index is -3.87. The zero-order chi connectivity index (χ0) is 34.7. The summed E-state index contributed by atoms with van der Waals surface area (Å²) in [5.74, 6) is -3.65. The zero-order valence-corrected chi connectivity index (χ0v) is 28.3. The fourth-order valence-electron chi connectivity index (χ4n) is 5.58. The summed E-state index contributed by atoms with van der Waals surface area (Å²) in [6.45, 7) is 7.08. The SMILES string of the molecule is CCCC(CCC)S(=O)(=O)C[C@@H](NC(=O)c1cc(C)n[nH]1)C(=O)N(Cc1cccc(CC)c1)C[C@@H](O)[C@@H](N)Cc1cc(F)cc(F)c1. The Morgan fingerprint density at radius 2 is 1.64 bits per heavy atom. The van der Waals surface area contributed by atoms with Crippen molar-refractivity contribution in [3.63, 3.8) is 0 Å². The number of halogens is 2. The molecule has 0 saturated heterocycles. The van der Waals surface area contributed by atoms with Crippen LogP contribution in [0, 0.1) is 18.6 Å². The van der Waals surface area contributed by atoms with E-state index in [-0.39, 0.29) is 30.8 Å². The smallest absolute Gasteiger partial charge is 0.269 e. The van der Waals surface area contributed by atoms with Crippen molar-refractivity contribution in [2.45, 2.75) is 96.2 Å². The summed E-state index contributed by atoms with van der Waals surface area (Å²) in [6.07, 6.45) is 1.35. The predicted octanol–water partition coefficient (Wildman–Crippen LogP) is 4.00. The van der Waals surface area contributed by atoms with Crippen LogP contribution < -0.4 is 11.1 Å². The van der Waals surface area contributed by atoms with Crippen LogP contribution in [0.2, 0.25) is 0 Å². The van der Waals surface area contributed by atoms with Crippen LogP contribution >= 0.6 is 0 Å². The molecule has 0 saturated carbocycles. The van der Waals surface area contributed by atoms with Crippen molar-refractivity contribution in [3.05, 3.63) is 88.2 Å². The van der Waals surface area contributed by atoms with E-state index in [2.05, 4.69) is 15.5 Å². The van der Waals surface area contributed by atoms with Gasteiger partial charge in [-0.15, -0.1) is 0 Å². The summed E-state index contributed by atoms with van der Waals surface area (Å²) < 4.78 is 55.1. The van der Waals surface area contributed by atoms with Crippen molar-refractivity contribution < 1.29 is 31.9 Å². The summed E-state index contributed by atoms with van der Waals surface area (Å²) in [7, 11) is -3.87. The lowest BCUT2D eigenvalue weighted by Crippen LogP contribution is -2.55. The first-order chi connectivity index (χ1) is 22.3. The van der Waals surface area contributed by atoms with Gasteiger partial charge in [-0.25, -0.2) is 17.2 Å². The fraction of sp³-hybridized carbons (Fsp3) is 0.500. The molecular formula is C34H47F2N5O5S. The monoisotopic (exact) mass is 675 g/mol. The molecule has 258 valence electrons. The number of aromatic nitrogens is 2. The molecule has 13 heteroatoms. The van der Waals surface area contributed by atoms with E-state index in [9.17, 15) is 31.9 Å². The van der Waals surface area contributed by atoms with E-state index in [0.717, 1.165) is 35.7 Å². The van der Waals surface area contributed by atoms with Gasteiger partial charge in [0.25, 0.3) is 5.91 Å². The first kappa shape index (κ1) is 37.8. The molecule has 0 unspecified atom stereocenters. The molecule has 3 aromatic rings. The van der Waals surface area contributed by atoms with Crippen LogP contribution in [0.15, 0.2) is 48.5 Å². The van der Waals surface area contributed by atoms with Crippen LogP contribution in [-0.4, -0.2) is 76.2 Å². The van der Waals surface area contributed by atoms with Crippen LogP contribution in [-0.2, 0) is 34.0 Å². The van der Waals surface area contributed by atoms with Gasteiger partial charge in [0.15, 0.2) is 9.84 Å². The Balaban J connectivity index is 1.98. The maximum absolute atomic E-state index is 14.4. The highest BCUT2D eigenvalue weighted by molar-refractivity contribution is 7.92. The number of H-pyrrole nitrogens is 1. The van der Waals surface area contributed by atoms with Crippen LogP contribution in [0.3, 0.4) is 0 Å². The largest absolute Gasteiger partial charge is 0.390 e. The third-order valence-corrected chi connectivity index (χ3v) is 10.3. The van der Waals surface area contributed by atoms with E-state index in [1.165, 1.54) is 11.0 Å². The summed E-state index contributed by atoms with van der Waals surface area (Å²) in [5.41, 5.74) is 8.81. The number of sulfone groups is 1. The maximum atomic E-state index is 14.4. The normalized spacial score (nSPS) is 13.7. The summed E-state index contributed by atoms with van der Waals surface area (Å²) in [4.78, 5) is 28.9. The molecule has 1 aromatic heterocycles. The first-order valence-corrected chi connectivity index (χ1v) is 17.8. The highest BCUT2D eigenvalue weighted by atomic mass is 32.2. The number of aromatic amines is 1. The third kappa shape index (κ3) is 11.2. The Labute approximate surface area is 276 Å². The molecule has 0 aliphatic rings. The number of rotatable bonds is 18. The molecule has 0 radical (unpaired) electrons. The van der Waals surface area contributed by atoms with Crippen LogP contribution in [0.5, 0.6) is 0 Å². The van der Waals surface area contributed by atoms with Crippen molar-refractivity contribution in [1.29, 1.82) is 0 Å². The summed E-state index contributed by atoms with van der Waals surface area (Å²) in [6, 6.07) is 9.39. The number of nitrogens with zero attached hydrogens (tertiary/aromatic N) is 2. The summed E-state index contributed by atoms with van der Waals surface area (Å²) >= 11 is 0. The first-order valence-electron chi connectivity index (χ1n) is 16.1. The molecule has 3 atom stereocenters. The minimum absolute atomic E-state index is 0.0199. The van der Waals surface area contributed by atoms with Gasteiger partial charge in [-0.05, 0) is 67.5 Å². The molecule has 0 aliphatic heterocycles.